The first-order valence-corrected chi connectivity index (χ1v) is 5.90. The molecule has 0 radical (unpaired) electrons. The van der Waals surface area contributed by atoms with E-state index in [2.05, 4.69) is 10.6 Å². The van der Waals surface area contributed by atoms with Gasteiger partial charge in [0.1, 0.15) is 5.54 Å². The van der Waals surface area contributed by atoms with E-state index < -0.39 is 11.5 Å². The monoisotopic (exact) mass is 228 g/mol. The number of rotatable bonds is 5. The molecule has 1 aliphatic rings. The van der Waals surface area contributed by atoms with E-state index in [-0.39, 0.29) is 6.03 Å². The summed E-state index contributed by atoms with van der Waals surface area (Å²) in [7, 11) is 0. The number of carboxylic acids is 1. The number of carbonyl (C=O) groups excluding carboxylic acids is 1. The second-order valence-electron chi connectivity index (χ2n) is 4.33. The predicted octanol–water partition coefficient (Wildman–Crippen LogP) is 1.48. The van der Waals surface area contributed by atoms with Crippen molar-refractivity contribution in [1.82, 2.24) is 10.6 Å². The average molecular weight is 228 g/mol. The van der Waals surface area contributed by atoms with Crippen LogP contribution < -0.4 is 10.6 Å². The van der Waals surface area contributed by atoms with Crippen LogP contribution in [0.4, 0.5) is 4.79 Å². The first kappa shape index (κ1) is 12.8. The Labute approximate surface area is 95.6 Å². The fraction of sp³-hybridized carbons (Fsp3) is 0.818. The van der Waals surface area contributed by atoms with Crippen molar-refractivity contribution in [2.24, 2.45) is 0 Å². The third-order valence-electron chi connectivity index (χ3n) is 3.04. The molecule has 92 valence electrons. The molecule has 5 nitrogen and oxygen atoms in total. The summed E-state index contributed by atoms with van der Waals surface area (Å²) < 4.78 is 0. The summed E-state index contributed by atoms with van der Waals surface area (Å²) in [6, 6.07) is -0.363. The van der Waals surface area contributed by atoms with E-state index in [4.69, 9.17) is 5.11 Å². The molecule has 1 aliphatic carbocycles. The highest BCUT2D eigenvalue weighted by molar-refractivity contribution is 5.86. The van der Waals surface area contributed by atoms with Gasteiger partial charge in [-0.25, -0.2) is 9.59 Å². The number of unbranched alkanes of at least 4 members (excludes halogenated alkanes) is 1. The van der Waals surface area contributed by atoms with Gasteiger partial charge in [0.05, 0.1) is 0 Å². The van der Waals surface area contributed by atoms with Crippen LogP contribution in [0.1, 0.15) is 45.4 Å². The van der Waals surface area contributed by atoms with Crippen LogP contribution >= 0.6 is 0 Å². The van der Waals surface area contributed by atoms with Crippen molar-refractivity contribution >= 4 is 12.0 Å². The normalized spacial score (nSPS) is 18.1. The smallest absolute Gasteiger partial charge is 0.329 e. The standard InChI is InChI=1S/C11H20N2O3/c1-2-3-8-12-10(16)13-11(9(14)15)6-4-5-7-11/h2-8H2,1H3,(H,14,15)(H2,12,13,16). The maximum atomic E-state index is 11.5. The Balaban J connectivity index is 2.43. The Hall–Kier alpha value is -1.26. The highest BCUT2D eigenvalue weighted by Gasteiger charge is 2.42. The molecule has 0 aromatic rings. The zero-order chi connectivity index (χ0) is 12.0. The van der Waals surface area contributed by atoms with Crippen LogP contribution in [0.15, 0.2) is 0 Å². The third kappa shape index (κ3) is 3.12. The lowest BCUT2D eigenvalue weighted by molar-refractivity contribution is -0.144. The van der Waals surface area contributed by atoms with Gasteiger partial charge in [-0.05, 0) is 19.3 Å². The molecule has 0 saturated heterocycles. The lowest BCUT2D eigenvalue weighted by atomic mass is 9.98. The number of urea groups is 1. The number of carboxylic acid groups (broad SMARTS) is 1. The molecule has 1 rings (SSSR count). The van der Waals surface area contributed by atoms with Crippen LogP contribution in [0.2, 0.25) is 0 Å². The number of amides is 2. The van der Waals surface area contributed by atoms with Gasteiger partial charge in [0, 0.05) is 6.54 Å². The van der Waals surface area contributed by atoms with Crippen LogP contribution in [0.3, 0.4) is 0 Å². The van der Waals surface area contributed by atoms with Gasteiger partial charge < -0.3 is 15.7 Å². The number of hydrogen-bond donors (Lipinski definition) is 3. The van der Waals surface area contributed by atoms with E-state index in [1.165, 1.54) is 0 Å². The molecule has 0 heterocycles. The van der Waals surface area contributed by atoms with Gasteiger partial charge in [-0.1, -0.05) is 26.2 Å². The molecular weight excluding hydrogens is 208 g/mol. The summed E-state index contributed by atoms with van der Waals surface area (Å²) in [5.74, 6) is -0.921. The van der Waals surface area contributed by atoms with Crippen molar-refractivity contribution in [3.8, 4) is 0 Å². The van der Waals surface area contributed by atoms with Gasteiger partial charge in [-0.2, -0.15) is 0 Å². The van der Waals surface area contributed by atoms with E-state index >= 15 is 0 Å². The van der Waals surface area contributed by atoms with Crippen LogP contribution in [-0.2, 0) is 4.79 Å². The summed E-state index contributed by atoms with van der Waals surface area (Å²) in [6.07, 6.45) is 4.70. The second-order valence-corrected chi connectivity index (χ2v) is 4.33. The van der Waals surface area contributed by atoms with E-state index in [1.807, 2.05) is 6.92 Å². The summed E-state index contributed by atoms with van der Waals surface area (Å²) in [6.45, 7) is 2.63. The quantitative estimate of drug-likeness (QED) is 0.624. The fourth-order valence-electron chi connectivity index (χ4n) is 2.01. The summed E-state index contributed by atoms with van der Waals surface area (Å²) in [5, 5.41) is 14.4. The number of carbonyl (C=O) groups is 2. The first-order chi connectivity index (χ1) is 7.60. The topological polar surface area (TPSA) is 78.4 Å². The predicted molar refractivity (Wildman–Crippen MR) is 60.3 cm³/mol. The first-order valence-electron chi connectivity index (χ1n) is 5.90. The zero-order valence-corrected chi connectivity index (χ0v) is 9.71. The largest absolute Gasteiger partial charge is 0.480 e. The van der Waals surface area contributed by atoms with Crippen molar-refractivity contribution in [3.05, 3.63) is 0 Å². The second kappa shape index (κ2) is 5.72. The van der Waals surface area contributed by atoms with Gasteiger partial charge in [0.2, 0.25) is 0 Å². The van der Waals surface area contributed by atoms with Gasteiger partial charge in [0.15, 0.2) is 0 Å². The molecule has 0 spiro atoms. The molecule has 16 heavy (non-hydrogen) atoms. The maximum absolute atomic E-state index is 11.5. The average Bonchev–Trinajstić information content (AvgIpc) is 2.68. The Morgan fingerprint density at radius 1 is 1.31 bits per heavy atom. The van der Waals surface area contributed by atoms with Crippen LogP contribution in [0.5, 0.6) is 0 Å². The molecule has 1 fully saturated rings. The van der Waals surface area contributed by atoms with Crippen LogP contribution in [-0.4, -0.2) is 29.2 Å². The SMILES string of the molecule is CCCCNC(=O)NC1(C(=O)O)CCCC1. The number of nitrogens with one attached hydrogen (secondary N) is 2. The molecule has 0 atom stereocenters. The molecule has 2 amide bonds. The lowest BCUT2D eigenvalue weighted by Gasteiger charge is -2.25. The van der Waals surface area contributed by atoms with Crippen molar-refractivity contribution in [2.75, 3.05) is 6.54 Å². The van der Waals surface area contributed by atoms with Crippen molar-refractivity contribution in [3.63, 3.8) is 0 Å². The Morgan fingerprint density at radius 3 is 2.44 bits per heavy atom. The van der Waals surface area contributed by atoms with E-state index in [0.717, 1.165) is 25.7 Å². The molecule has 1 saturated carbocycles. The summed E-state index contributed by atoms with van der Waals surface area (Å²) in [4.78, 5) is 22.6. The summed E-state index contributed by atoms with van der Waals surface area (Å²) in [5.41, 5.74) is -1.03. The molecular formula is C11H20N2O3. The van der Waals surface area contributed by atoms with Crippen LogP contribution in [0, 0.1) is 0 Å². The Kier molecular flexibility index (Phi) is 4.58. The van der Waals surface area contributed by atoms with E-state index in [0.29, 0.717) is 19.4 Å². The molecule has 0 bridgehead atoms. The molecule has 3 N–H and O–H groups in total. The molecule has 5 heteroatoms. The fourth-order valence-corrected chi connectivity index (χ4v) is 2.01. The minimum absolute atomic E-state index is 0.363. The van der Waals surface area contributed by atoms with Crippen molar-refractivity contribution in [2.45, 2.75) is 51.0 Å². The highest BCUT2D eigenvalue weighted by atomic mass is 16.4. The minimum Gasteiger partial charge on any atom is -0.480 e. The van der Waals surface area contributed by atoms with Crippen molar-refractivity contribution in [1.29, 1.82) is 0 Å². The Morgan fingerprint density at radius 2 is 1.94 bits per heavy atom. The third-order valence-corrected chi connectivity index (χ3v) is 3.04. The lowest BCUT2D eigenvalue weighted by Crippen LogP contribution is -2.55. The zero-order valence-electron chi connectivity index (χ0n) is 9.71. The maximum Gasteiger partial charge on any atom is 0.329 e. The van der Waals surface area contributed by atoms with Crippen molar-refractivity contribution < 1.29 is 14.7 Å². The minimum atomic E-state index is -1.03. The molecule has 0 aromatic carbocycles. The molecule has 0 aliphatic heterocycles. The summed E-state index contributed by atoms with van der Waals surface area (Å²) >= 11 is 0. The molecule has 0 unspecified atom stereocenters. The highest BCUT2D eigenvalue weighted by Crippen LogP contribution is 2.29. The van der Waals surface area contributed by atoms with Crippen LogP contribution in [0.25, 0.3) is 0 Å². The van der Waals surface area contributed by atoms with Gasteiger partial charge in [-0.15, -0.1) is 0 Å². The van der Waals surface area contributed by atoms with E-state index in [9.17, 15) is 9.59 Å². The van der Waals surface area contributed by atoms with Gasteiger partial charge in [0.25, 0.3) is 0 Å². The molecule has 0 aromatic heterocycles. The van der Waals surface area contributed by atoms with E-state index in [1.54, 1.807) is 0 Å². The Bertz CT molecular complexity index is 260. The number of aliphatic carboxylic acids is 1. The van der Waals surface area contributed by atoms with Gasteiger partial charge in [-0.3, -0.25) is 0 Å². The van der Waals surface area contributed by atoms with Gasteiger partial charge >= 0.3 is 12.0 Å². The number of hydrogen-bond acceptors (Lipinski definition) is 2.